The SMILES string of the molecule is C[C@H](N)C(=O)NCCOCC(F)F. The Bertz CT molecular complexity index is 153. The van der Waals surface area contributed by atoms with Gasteiger partial charge in [0, 0.05) is 6.54 Å². The van der Waals surface area contributed by atoms with Gasteiger partial charge in [0.25, 0.3) is 6.43 Å². The van der Waals surface area contributed by atoms with Gasteiger partial charge in [0.05, 0.1) is 12.6 Å². The van der Waals surface area contributed by atoms with E-state index in [0.717, 1.165) is 0 Å². The smallest absolute Gasteiger partial charge is 0.261 e. The zero-order chi connectivity index (χ0) is 10.3. The highest BCUT2D eigenvalue weighted by atomic mass is 19.3. The molecule has 0 aromatic carbocycles. The summed E-state index contributed by atoms with van der Waals surface area (Å²) in [7, 11) is 0. The third kappa shape index (κ3) is 7.61. The van der Waals surface area contributed by atoms with E-state index in [2.05, 4.69) is 10.1 Å². The van der Waals surface area contributed by atoms with Crippen molar-refractivity contribution in [2.45, 2.75) is 19.4 Å². The van der Waals surface area contributed by atoms with Crippen molar-refractivity contribution in [1.82, 2.24) is 5.32 Å². The molecule has 0 radical (unpaired) electrons. The number of nitrogens with one attached hydrogen (secondary N) is 1. The van der Waals surface area contributed by atoms with E-state index in [0.29, 0.717) is 0 Å². The van der Waals surface area contributed by atoms with E-state index in [-0.39, 0.29) is 19.1 Å². The molecule has 4 nitrogen and oxygen atoms in total. The van der Waals surface area contributed by atoms with Crippen LogP contribution in [0.15, 0.2) is 0 Å². The first-order chi connectivity index (χ1) is 6.04. The molecule has 0 aliphatic carbocycles. The molecule has 13 heavy (non-hydrogen) atoms. The summed E-state index contributed by atoms with van der Waals surface area (Å²) in [4.78, 5) is 10.8. The Balaban J connectivity index is 3.21. The van der Waals surface area contributed by atoms with Crippen LogP contribution < -0.4 is 11.1 Å². The molecule has 0 aromatic heterocycles. The van der Waals surface area contributed by atoms with Crippen molar-refractivity contribution in [2.75, 3.05) is 19.8 Å². The van der Waals surface area contributed by atoms with Crippen molar-refractivity contribution in [3.05, 3.63) is 0 Å². The van der Waals surface area contributed by atoms with Crippen molar-refractivity contribution < 1.29 is 18.3 Å². The van der Waals surface area contributed by atoms with Crippen LogP contribution in [-0.2, 0) is 9.53 Å². The number of halogens is 2. The van der Waals surface area contributed by atoms with Crippen LogP contribution in [0.2, 0.25) is 0 Å². The number of nitrogens with two attached hydrogens (primary N) is 1. The predicted molar refractivity (Wildman–Crippen MR) is 43.5 cm³/mol. The Morgan fingerprint density at radius 1 is 1.62 bits per heavy atom. The first-order valence-corrected chi connectivity index (χ1v) is 3.93. The van der Waals surface area contributed by atoms with Gasteiger partial charge in [-0.25, -0.2) is 8.78 Å². The van der Waals surface area contributed by atoms with E-state index >= 15 is 0 Å². The summed E-state index contributed by atoms with van der Waals surface area (Å²) in [5, 5.41) is 2.42. The molecule has 0 aliphatic rings. The lowest BCUT2D eigenvalue weighted by atomic mass is 10.3. The number of carbonyl (C=O) groups is 1. The zero-order valence-electron chi connectivity index (χ0n) is 7.43. The molecule has 78 valence electrons. The molecular weight excluding hydrogens is 182 g/mol. The molecule has 0 aliphatic heterocycles. The molecular formula is C7H14F2N2O2. The highest BCUT2D eigenvalue weighted by Crippen LogP contribution is 1.91. The van der Waals surface area contributed by atoms with Crippen molar-refractivity contribution in [3.63, 3.8) is 0 Å². The first kappa shape index (κ1) is 12.2. The van der Waals surface area contributed by atoms with Gasteiger partial charge in [-0.3, -0.25) is 4.79 Å². The lowest BCUT2D eigenvalue weighted by Gasteiger charge is -2.07. The summed E-state index contributed by atoms with van der Waals surface area (Å²) >= 11 is 0. The van der Waals surface area contributed by atoms with Crippen molar-refractivity contribution in [1.29, 1.82) is 0 Å². The maximum atomic E-state index is 11.5. The topological polar surface area (TPSA) is 64.4 Å². The van der Waals surface area contributed by atoms with Gasteiger partial charge in [-0.1, -0.05) is 0 Å². The normalized spacial score (nSPS) is 13.0. The molecule has 1 amide bonds. The number of hydrogen-bond donors (Lipinski definition) is 2. The lowest BCUT2D eigenvalue weighted by Crippen LogP contribution is -2.39. The fourth-order valence-corrected chi connectivity index (χ4v) is 0.580. The minimum absolute atomic E-state index is 0.0722. The van der Waals surface area contributed by atoms with Crippen LogP contribution in [0.25, 0.3) is 0 Å². The van der Waals surface area contributed by atoms with Crippen LogP contribution in [0.3, 0.4) is 0 Å². The van der Waals surface area contributed by atoms with Gasteiger partial charge in [-0.15, -0.1) is 0 Å². The van der Waals surface area contributed by atoms with Crippen molar-refractivity contribution in [2.24, 2.45) is 5.73 Å². The van der Waals surface area contributed by atoms with Crippen molar-refractivity contribution in [3.8, 4) is 0 Å². The van der Waals surface area contributed by atoms with Crippen LogP contribution in [0.4, 0.5) is 8.78 Å². The van der Waals surface area contributed by atoms with E-state index in [1.165, 1.54) is 6.92 Å². The molecule has 0 rings (SSSR count). The Labute approximate surface area is 75.4 Å². The number of rotatable bonds is 6. The van der Waals surface area contributed by atoms with Crippen LogP contribution in [0, 0.1) is 0 Å². The number of ether oxygens (including phenoxy) is 1. The molecule has 0 saturated heterocycles. The first-order valence-electron chi connectivity index (χ1n) is 3.93. The van der Waals surface area contributed by atoms with E-state index in [4.69, 9.17) is 5.73 Å². The highest BCUT2D eigenvalue weighted by Gasteiger charge is 2.06. The minimum Gasteiger partial charge on any atom is -0.374 e. The van der Waals surface area contributed by atoms with Gasteiger partial charge in [-0.2, -0.15) is 0 Å². The van der Waals surface area contributed by atoms with Crippen LogP contribution in [0.1, 0.15) is 6.92 Å². The van der Waals surface area contributed by atoms with E-state index in [9.17, 15) is 13.6 Å². The van der Waals surface area contributed by atoms with Crippen LogP contribution in [0.5, 0.6) is 0 Å². The molecule has 6 heteroatoms. The highest BCUT2D eigenvalue weighted by molar-refractivity contribution is 5.80. The maximum Gasteiger partial charge on any atom is 0.261 e. The molecule has 3 N–H and O–H groups in total. The predicted octanol–water partition coefficient (Wildman–Crippen LogP) is -0.268. The average molecular weight is 196 g/mol. The average Bonchev–Trinajstić information content (AvgIpc) is 2.02. The molecule has 0 heterocycles. The Kier molecular flexibility index (Phi) is 6.34. The Hall–Kier alpha value is -0.750. The maximum absolute atomic E-state index is 11.5. The van der Waals surface area contributed by atoms with Crippen molar-refractivity contribution >= 4 is 5.91 Å². The second kappa shape index (κ2) is 6.73. The number of alkyl halides is 2. The van der Waals surface area contributed by atoms with E-state index in [1.54, 1.807) is 0 Å². The van der Waals surface area contributed by atoms with E-state index < -0.39 is 19.1 Å². The van der Waals surface area contributed by atoms with Gasteiger partial charge >= 0.3 is 0 Å². The third-order valence-electron chi connectivity index (χ3n) is 1.20. The summed E-state index contributed by atoms with van der Waals surface area (Å²) in [5.41, 5.74) is 5.23. The van der Waals surface area contributed by atoms with Crippen LogP contribution >= 0.6 is 0 Å². The summed E-state index contributed by atoms with van der Waals surface area (Å²) in [6.07, 6.45) is -2.47. The quantitative estimate of drug-likeness (QED) is 0.575. The van der Waals surface area contributed by atoms with Gasteiger partial charge < -0.3 is 15.8 Å². The minimum atomic E-state index is -2.47. The fraction of sp³-hybridized carbons (Fsp3) is 0.857. The molecule has 0 spiro atoms. The standard InChI is InChI=1S/C7H14F2N2O2/c1-5(10)7(12)11-2-3-13-4-6(8)9/h5-6H,2-4,10H2,1H3,(H,11,12)/t5-/m0/s1. The summed E-state index contributed by atoms with van der Waals surface area (Å²) in [6.45, 7) is 1.21. The number of carbonyl (C=O) groups excluding carboxylic acids is 1. The summed E-state index contributed by atoms with van der Waals surface area (Å²) < 4.78 is 27.6. The molecule has 0 saturated carbocycles. The Morgan fingerprint density at radius 2 is 2.23 bits per heavy atom. The van der Waals surface area contributed by atoms with E-state index in [1.807, 2.05) is 0 Å². The number of hydrogen-bond acceptors (Lipinski definition) is 3. The second-order valence-electron chi connectivity index (χ2n) is 2.55. The van der Waals surface area contributed by atoms with Gasteiger partial charge in [-0.05, 0) is 6.92 Å². The van der Waals surface area contributed by atoms with Crippen LogP contribution in [-0.4, -0.2) is 38.1 Å². The monoisotopic (exact) mass is 196 g/mol. The van der Waals surface area contributed by atoms with Gasteiger partial charge in [0.1, 0.15) is 6.61 Å². The Morgan fingerprint density at radius 3 is 2.69 bits per heavy atom. The number of amides is 1. The lowest BCUT2D eigenvalue weighted by molar-refractivity contribution is -0.122. The fourth-order valence-electron chi connectivity index (χ4n) is 0.580. The third-order valence-corrected chi connectivity index (χ3v) is 1.20. The molecule has 0 fully saturated rings. The molecule has 0 aromatic rings. The van der Waals surface area contributed by atoms with Gasteiger partial charge in [0.15, 0.2) is 0 Å². The molecule has 0 unspecified atom stereocenters. The molecule has 1 atom stereocenters. The van der Waals surface area contributed by atoms with Gasteiger partial charge in [0.2, 0.25) is 5.91 Å². The summed E-state index contributed by atoms with van der Waals surface area (Å²) in [6, 6.07) is -0.588. The largest absolute Gasteiger partial charge is 0.374 e. The second-order valence-corrected chi connectivity index (χ2v) is 2.55. The summed E-state index contributed by atoms with van der Waals surface area (Å²) in [5.74, 6) is -0.319. The molecule has 0 bridgehead atoms. The zero-order valence-corrected chi connectivity index (χ0v) is 7.43.